The first-order valence-electron chi connectivity index (χ1n) is 9.37. The number of nitrogens with one attached hydrogen (secondary N) is 1. The van der Waals surface area contributed by atoms with Crippen LogP contribution >= 0.6 is 0 Å². The van der Waals surface area contributed by atoms with Crippen molar-refractivity contribution in [3.8, 4) is 0 Å². The van der Waals surface area contributed by atoms with Crippen molar-refractivity contribution in [2.75, 3.05) is 31.6 Å². The molecule has 0 atom stereocenters. The summed E-state index contributed by atoms with van der Waals surface area (Å²) in [6, 6.07) is 14.4. The van der Waals surface area contributed by atoms with Crippen molar-refractivity contribution < 1.29 is 14.3 Å². The number of benzene rings is 2. The van der Waals surface area contributed by atoms with Gasteiger partial charge in [0.15, 0.2) is 0 Å². The van der Waals surface area contributed by atoms with Crippen LogP contribution in [0.3, 0.4) is 0 Å². The highest BCUT2D eigenvalue weighted by molar-refractivity contribution is 6.02. The Balaban J connectivity index is 1.37. The van der Waals surface area contributed by atoms with Gasteiger partial charge in [-0.15, -0.1) is 0 Å². The van der Waals surface area contributed by atoms with Gasteiger partial charge in [0.25, 0.3) is 5.91 Å². The summed E-state index contributed by atoms with van der Waals surface area (Å²) < 4.78 is 5.27. The fourth-order valence-electron chi connectivity index (χ4n) is 3.04. The zero-order valence-electron chi connectivity index (χ0n) is 15.7. The maximum absolute atomic E-state index is 12.4. The number of hydrogen-bond acceptors (Lipinski definition) is 5. The number of carbonyl (C=O) groups is 2. The molecule has 0 unspecified atom stereocenters. The van der Waals surface area contributed by atoms with Crippen LogP contribution in [0.2, 0.25) is 0 Å². The van der Waals surface area contributed by atoms with Crippen molar-refractivity contribution in [2.24, 2.45) is 0 Å². The van der Waals surface area contributed by atoms with Crippen molar-refractivity contribution >= 4 is 34.6 Å². The maximum Gasteiger partial charge on any atom is 0.254 e. The lowest BCUT2D eigenvalue weighted by molar-refractivity contribution is -0.111. The van der Waals surface area contributed by atoms with Gasteiger partial charge in [-0.1, -0.05) is 12.1 Å². The van der Waals surface area contributed by atoms with Gasteiger partial charge >= 0.3 is 0 Å². The third-order valence-corrected chi connectivity index (χ3v) is 4.57. The number of anilines is 1. The van der Waals surface area contributed by atoms with Crippen LogP contribution < -0.4 is 5.32 Å². The van der Waals surface area contributed by atoms with Gasteiger partial charge in [-0.3, -0.25) is 14.6 Å². The van der Waals surface area contributed by atoms with Gasteiger partial charge in [-0.2, -0.15) is 0 Å². The summed E-state index contributed by atoms with van der Waals surface area (Å²) in [5, 5.41) is 2.78. The van der Waals surface area contributed by atoms with E-state index >= 15 is 0 Å². The number of ether oxygens (including phenoxy) is 1. The predicted molar refractivity (Wildman–Crippen MR) is 110 cm³/mol. The Labute approximate surface area is 168 Å². The third kappa shape index (κ3) is 4.64. The largest absolute Gasteiger partial charge is 0.378 e. The van der Waals surface area contributed by atoms with Crippen LogP contribution in [0.25, 0.3) is 17.1 Å². The third-order valence-electron chi connectivity index (χ3n) is 4.57. The lowest BCUT2D eigenvalue weighted by Crippen LogP contribution is -2.40. The van der Waals surface area contributed by atoms with E-state index in [-0.39, 0.29) is 11.8 Å². The van der Waals surface area contributed by atoms with Gasteiger partial charge in [0, 0.05) is 30.4 Å². The Morgan fingerprint density at radius 2 is 1.72 bits per heavy atom. The molecule has 1 N–H and O–H groups in total. The second kappa shape index (κ2) is 8.62. The highest BCUT2D eigenvalue weighted by atomic mass is 16.5. The second-order valence-electron chi connectivity index (χ2n) is 6.59. The monoisotopic (exact) mass is 388 g/mol. The van der Waals surface area contributed by atoms with Crippen LogP contribution in [0.15, 0.2) is 60.8 Å². The van der Waals surface area contributed by atoms with Crippen molar-refractivity contribution in [3.63, 3.8) is 0 Å². The van der Waals surface area contributed by atoms with E-state index in [1.807, 2.05) is 24.3 Å². The van der Waals surface area contributed by atoms with Crippen LogP contribution in [0.4, 0.5) is 5.69 Å². The summed E-state index contributed by atoms with van der Waals surface area (Å²) in [6.07, 6.45) is 4.65. The molecule has 146 valence electrons. The molecule has 0 bridgehead atoms. The minimum Gasteiger partial charge on any atom is -0.378 e. The van der Waals surface area contributed by atoms with Crippen LogP contribution in [0.5, 0.6) is 0 Å². The number of carbonyl (C=O) groups excluding carboxylic acids is 2. The van der Waals surface area contributed by atoms with Gasteiger partial charge < -0.3 is 15.0 Å². The van der Waals surface area contributed by atoms with Gasteiger partial charge in [-0.05, 0) is 42.5 Å². The molecule has 29 heavy (non-hydrogen) atoms. The molecule has 0 spiro atoms. The molecular formula is C22H20N4O3. The molecule has 7 heteroatoms. The van der Waals surface area contributed by atoms with Crippen molar-refractivity contribution in [1.82, 2.24) is 14.9 Å². The van der Waals surface area contributed by atoms with E-state index in [4.69, 9.17) is 4.74 Å². The van der Waals surface area contributed by atoms with E-state index in [9.17, 15) is 9.59 Å². The minimum absolute atomic E-state index is 0.0269. The quantitative estimate of drug-likeness (QED) is 0.695. The average molecular weight is 388 g/mol. The molecule has 1 aliphatic heterocycles. The van der Waals surface area contributed by atoms with Crippen LogP contribution in [0.1, 0.15) is 16.1 Å². The molecule has 2 amide bonds. The highest BCUT2D eigenvalue weighted by Gasteiger charge is 2.18. The van der Waals surface area contributed by atoms with E-state index < -0.39 is 0 Å². The Bertz CT molecular complexity index is 1060. The van der Waals surface area contributed by atoms with Gasteiger partial charge in [0.05, 0.1) is 36.1 Å². The van der Waals surface area contributed by atoms with Gasteiger partial charge in [-0.25, -0.2) is 4.98 Å². The first kappa shape index (κ1) is 18.8. The first-order valence-corrected chi connectivity index (χ1v) is 9.37. The minimum atomic E-state index is -0.285. The SMILES string of the molecule is O=C(/C=C/c1cnc2ccccc2n1)Nc1ccc(C(=O)N2CCOCC2)cc1. The standard InChI is InChI=1S/C22H20N4O3/c27-21(10-9-18-15-23-19-3-1-2-4-20(19)24-18)25-17-7-5-16(6-8-17)22(28)26-11-13-29-14-12-26/h1-10,15H,11-14H2,(H,25,27)/b10-9+. The number of hydrogen-bond donors (Lipinski definition) is 1. The molecule has 7 nitrogen and oxygen atoms in total. The normalized spacial score (nSPS) is 14.3. The Kier molecular flexibility index (Phi) is 5.58. The van der Waals surface area contributed by atoms with E-state index in [2.05, 4.69) is 15.3 Å². The molecule has 2 aromatic carbocycles. The number of amides is 2. The van der Waals surface area contributed by atoms with E-state index in [0.717, 1.165) is 11.0 Å². The van der Waals surface area contributed by atoms with Crippen molar-refractivity contribution in [3.05, 3.63) is 72.1 Å². The number of aromatic nitrogens is 2. The van der Waals surface area contributed by atoms with Crippen molar-refractivity contribution in [1.29, 1.82) is 0 Å². The molecular weight excluding hydrogens is 368 g/mol. The van der Waals surface area contributed by atoms with Gasteiger partial charge in [0.1, 0.15) is 0 Å². The van der Waals surface area contributed by atoms with E-state index in [1.54, 1.807) is 41.4 Å². The summed E-state index contributed by atoms with van der Waals surface area (Å²) in [7, 11) is 0. The lowest BCUT2D eigenvalue weighted by Gasteiger charge is -2.26. The Morgan fingerprint density at radius 1 is 1.00 bits per heavy atom. The molecule has 3 aromatic rings. The zero-order chi connectivity index (χ0) is 20.1. The highest BCUT2D eigenvalue weighted by Crippen LogP contribution is 2.13. The maximum atomic E-state index is 12.4. The summed E-state index contributed by atoms with van der Waals surface area (Å²) in [5.41, 5.74) is 3.39. The van der Waals surface area contributed by atoms with Crippen molar-refractivity contribution in [2.45, 2.75) is 0 Å². The zero-order valence-corrected chi connectivity index (χ0v) is 15.7. The molecule has 1 fully saturated rings. The van der Waals surface area contributed by atoms with Crippen LogP contribution in [-0.4, -0.2) is 53.0 Å². The molecule has 4 rings (SSSR count). The average Bonchev–Trinajstić information content (AvgIpc) is 2.78. The molecule has 0 aliphatic carbocycles. The number of morpholine rings is 1. The van der Waals surface area contributed by atoms with Crippen LogP contribution in [-0.2, 0) is 9.53 Å². The second-order valence-corrected chi connectivity index (χ2v) is 6.59. The van der Waals surface area contributed by atoms with Gasteiger partial charge in [0.2, 0.25) is 5.91 Å². The number of nitrogens with zero attached hydrogens (tertiary/aromatic N) is 3. The summed E-state index contributed by atoms with van der Waals surface area (Å²) in [6.45, 7) is 2.32. The molecule has 1 aromatic heterocycles. The molecule has 1 aliphatic rings. The van der Waals surface area contributed by atoms with E-state index in [0.29, 0.717) is 43.2 Å². The number of fused-ring (bicyclic) bond motifs is 1. The number of rotatable bonds is 4. The first-order chi connectivity index (χ1) is 14.2. The predicted octanol–water partition coefficient (Wildman–Crippen LogP) is 2.75. The summed E-state index contributed by atoms with van der Waals surface area (Å²) in [5.74, 6) is -0.312. The van der Waals surface area contributed by atoms with Crippen LogP contribution in [0, 0.1) is 0 Å². The lowest BCUT2D eigenvalue weighted by atomic mass is 10.1. The topological polar surface area (TPSA) is 84.4 Å². The molecule has 0 radical (unpaired) electrons. The number of para-hydroxylation sites is 2. The molecule has 1 saturated heterocycles. The molecule has 2 heterocycles. The Morgan fingerprint density at radius 3 is 2.48 bits per heavy atom. The smallest absolute Gasteiger partial charge is 0.254 e. The fourth-order valence-corrected chi connectivity index (χ4v) is 3.04. The van der Waals surface area contributed by atoms with E-state index in [1.165, 1.54) is 6.08 Å². The fraction of sp³-hybridized carbons (Fsp3) is 0.182. The summed E-state index contributed by atoms with van der Waals surface area (Å²) >= 11 is 0. The summed E-state index contributed by atoms with van der Waals surface area (Å²) in [4.78, 5) is 35.2. The Hall–Kier alpha value is -3.58. The molecule has 0 saturated carbocycles.